The molecular weight excluding hydrogens is 322 g/mol. The van der Waals surface area contributed by atoms with E-state index in [0.29, 0.717) is 18.1 Å². The largest absolute Gasteiger partial charge is 0.342 e. The number of rotatable bonds is 1. The fraction of sp³-hybridized carbons (Fsp3) is 0.455. The number of allylic oxidation sites excluding steroid dienone is 2. The van der Waals surface area contributed by atoms with Crippen molar-refractivity contribution in [3.63, 3.8) is 0 Å². The van der Waals surface area contributed by atoms with Gasteiger partial charge in [0.05, 0.1) is 0 Å². The Bertz CT molecular complexity index is 817. The zero-order chi connectivity index (χ0) is 18.3. The number of aromatic amines is 1. The minimum Gasteiger partial charge on any atom is -0.342 e. The third-order valence-electron chi connectivity index (χ3n) is 5.54. The summed E-state index contributed by atoms with van der Waals surface area (Å²) in [6.07, 6.45) is 4.08. The minimum absolute atomic E-state index is 0.0514. The van der Waals surface area contributed by atoms with Gasteiger partial charge in [-0.25, -0.2) is 0 Å². The number of carbonyl (C=O) groups excluding carboxylic acids is 1. The van der Waals surface area contributed by atoms with E-state index >= 15 is 0 Å². The Morgan fingerprint density at radius 1 is 1.04 bits per heavy atom. The summed E-state index contributed by atoms with van der Waals surface area (Å²) in [6.45, 7) is 6.49. The quantitative estimate of drug-likeness (QED) is 0.749. The van der Waals surface area contributed by atoms with E-state index in [1.165, 1.54) is 24.1 Å². The second-order valence-corrected chi connectivity index (χ2v) is 8.51. The molecule has 1 fully saturated rings. The van der Waals surface area contributed by atoms with E-state index in [2.05, 4.69) is 36.3 Å². The van der Waals surface area contributed by atoms with Crippen molar-refractivity contribution in [2.75, 3.05) is 5.32 Å². The Morgan fingerprint density at radius 2 is 1.65 bits per heavy atom. The predicted molar refractivity (Wildman–Crippen MR) is 104 cm³/mol. The number of aromatic nitrogens is 2. The van der Waals surface area contributed by atoms with E-state index in [-0.39, 0.29) is 11.3 Å². The Hall–Kier alpha value is -2.36. The molecule has 0 spiro atoms. The van der Waals surface area contributed by atoms with Gasteiger partial charge in [0.25, 0.3) is 0 Å². The molecule has 4 nitrogen and oxygen atoms in total. The van der Waals surface area contributed by atoms with Crippen molar-refractivity contribution in [3.05, 3.63) is 58.9 Å². The summed E-state index contributed by atoms with van der Waals surface area (Å²) in [5.41, 5.74) is 4.64. The Labute approximate surface area is 155 Å². The maximum Gasteiger partial charge on any atom is 0.161 e. The van der Waals surface area contributed by atoms with Gasteiger partial charge in [-0.3, -0.25) is 9.89 Å². The Kier molecular flexibility index (Phi) is 4.22. The van der Waals surface area contributed by atoms with Crippen LogP contribution in [0.2, 0.25) is 0 Å². The zero-order valence-corrected chi connectivity index (χ0v) is 15.8. The molecule has 1 aromatic carbocycles. The number of H-pyrrole nitrogens is 1. The van der Waals surface area contributed by atoms with Crippen LogP contribution in [0.15, 0.2) is 47.7 Å². The van der Waals surface area contributed by atoms with Crippen LogP contribution >= 0.6 is 0 Å². The van der Waals surface area contributed by atoms with E-state index in [0.717, 1.165) is 23.5 Å². The van der Waals surface area contributed by atoms with Crippen LogP contribution in [0.5, 0.6) is 0 Å². The van der Waals surface area contributed by atoms with Crippen molar-refractivity contribution in [2.24, 2.45) is 5.41 Å². The minimum atomic E-state index is 0.0514. The lowest BCUT2D eigenvalue weighted by Crippen LogP contribution is -2.32. The number of anilines is 1. The van der Waals surface area contributed by atoms with Crippen LogP contribution in [0.1, 0.15) is 69.5 Å². The summed E-state index contributed by atoms with van der Waals surface area (Å²) in [6, 6.07) is 12.0. The number of ketones is 1. The van der Waals surface area contributed by atoms with E-state index in [4.69, 9.17) is 0 Å². The van der Waals surface area contributed by atoms with Crippen molar-refractivity contribution in [1.29, 1.82) is 0 Å². The molecule has 1 aromatic heterocycles. The first-order chi connectivity index (χ1) is 12.5. The molecule has 4 heteroatoms. The van der Waals surface area contributed by atoms with Gasteiger partial charge in [0.2, 0.25) is 0 Å². The van der Waals surface area contributed by atoms with E-state index in [1.807, 2.05) is 36.4 Å². The molecule has 2 aliphatic carbocycles. The topological polar surface area (TPSA) is 57.8 Å². The maximum atomic E-state index is 12.6. The molecular formula is C22H27N3O. The summed E-state index contributed by atoms with van der Waals surface area (Å²) in [5, 5.41) is 11.1. The zero-order valence-electron chi connectivity index (χ0n) is 15.8. The molecule has 1 saturated carbocycles. The maximum absolute atomic E-state index is 12.6. The van der Waals surface area contributed by atoms with Crippen molar-refractivity contribution in [3.8, 4) is 0 Å². The summed E-state index contributed by atoms with van der Waals surface area (Å²) >= 11 is 0. The molecule has 0 bridgehead atoms. The molecule has 1 atom stereocenters. The third-order valence-corrected chi connectivity index (χ3v) is 5.54. The van der Waals surface area contributed by atoms with Crippen molar-refractivity contribution in [1.82, 2.24) is 10.2 Å². The number of fused-ring (bicyclic) bond motifs is 1. The smallest absolute Gasteiger partial charge is 0.161 e. The van der Waals surface area contributed by atoms with Crippen LogP contribution in [-0.4, -0.2) is 16.0 Å². The van der Waals surface area contributed by atoms with Crippen molar-refractivity contribution >= 4 is 11.6 Å². The molecule has 3 aliphatic rings. The van der Waals surface area contributed by atoms with Gasteiger partial charge in [0.1, 0.15) is 0 Å². The van der Waals surface area contributed by atoms with Gasteiger partial charge in [0, 0.05) is 40.8 Å². The summed E-state index contributed by atoms with van der Waals surface area (Å²) in [5.74, 6) is 2.07. The molecule has 2 aromatic rings. The van der Waals surface area contributed by atoms with Crippen molar-refractivity contribution < 1.29 is 4.79 Å². The molecule has 1 unspecified atom stereocenters. The number of nitrogens with one attached hydrogen (secondary N) is 2. The average molecular weight is 349 g/mol. The second kappa shape index (κ2) is 6.42. The number of carbonyl (C=O) groups is 1. The fourth-order valence-corrected chi connectivity index (χ4v) is 4.20. The summed E-state index contributed by atoms with van der Waals surface area (Å²) in [7, 11) is 0. The van der Waals surface area contributed by atoms with Crippen LogP contribution in [0.3, 0.4) is 0 Å². The molecule has 136 valence electrons. The molecule has 5 rings (SSSR count). The van der Waals surface area contributed by atoms with E-state index in [9.17, 15) is 4.79 Å². The van der Waals surface area contributed by atoms with Gasteiger partial charge < -0.3 is 5.32 Å². The predicted octanol–water partition coefficient (Wildman–Crippen LogP) is 5.15. The third kappa shape index (κ3) is 3.20. The van der Waals surface area contributed by atoms with Gasteiger partial charge in [-0.05, 0) is 24.7 Å². The molecule has 1 aliphatic heterocycles. The average Bonchev–Trinajstić information content (AvgIpc) is 3.35. The van der Waals surface area contributed by atoms with Crippen LogP contribution in [-0.2, 0) is 4.79 Å². The van der Waals surface area contributed by atoms with Crippen LogP contribution in [0.25, 0.3) is 0 Å². The SMILES string of the molecule is CC1C2=C(CC(C)(C)CC2=O)Nc2n[nH]c(C3CC3)c21.c1ccccc1. The lowest BCUT2D eigenvalue weighted by Gasteiger charge is -2.37. The molecule has 0 saturated heterocycles. The molecule has 0 radical (unpaired) electrons. The monoisotopic (exact) mass is 349 g/mol. The highest BCUT2D eigenvalue weighted by molar-refractivity contribution is 6.00. The Morgan fingerprint density at radius 3 is 2.23 bits per heavy atom. The fourth-order valence-electron chi connectivity index (χ4n) is 4.20. The number of Topliss-reactive ketones (excluding diaryl/α,β-unsaturated/α-hetero) is 1. The number of hydrogen-bond acceptors (Lipinski definition) is 3. The van der Waals surface area contributed by atoms with Crippen LogP contribution in [0.4, 0.5) is 5.82 Å². The molecule has 0 amide bonds. The van der Waals surface area contributed by atoms with Gasteiger partial charge >= 0.3 is 0 Å². The van der Waals surface area contributed by atoms with E-state index < -0.39 is 0 Å². The first-order valence-electron chi connectivity index (χ1n) is 9.58. The van der Waals surface area contributed by atoms with Gasteiger partial charge in [-0.15, -0.1) is 0 Å². The van der Waals surface area contributed by atoms with E-state index in [1.54, 1.807) is 0 Å². The summed E-state index contributed by atoms with van der Waals surface area (Å²) in [4.78, 5) is 12.6. The lowest BCUT2D eigenvalue weighted by atomic mass is 9.71. The first-order valence-corrected chi connectivity index (χ1v) is 9.58. The molecule has 2 N–H and O–H groups in total. The standard InChI is InChI=1S/C16H21N3O.C6H6/c1-8-12-10(6-16(2,3)7-11(12)20)17-15-13(8)14(18-19-15)9-4-5-9;1-2-4-6-5-3-1/h8-9H,4-7H2,1-3H3,(H2,17,18,19);1-6H. The number of hydrogen-bond donors (Lipinski definition) is 2. The van der Waals surface area contributed by atoms with Crippen LogP contribution < -0.4 is 5.32 Å². The van der Waals surface area contributed by atoms with Gasteiger partial charge in [-0.1, -0.05) is 57.2 Å². The number of nitrogens with zero attached hydrogens (tertiary/aromatic N) is 1. The van der Waals surface area contributed by atoms with Crippen molar-refractivity contribution in [2.45, 2.75) is 58.3 Å². The highest BCUT2D eigenvalue weighted by atomic mass is 16.1. The van der Waals surface area contributed by atoms with Crippen LogP contribution in [0, 0.1) is 5.41 Å². The molecule has 26 heavy (non-hydrogen) atoms. The normalized spacial score (nSPS) is 23.3. The molecule has 2 heterocycles. The Balaban J connectivity index is 0.000000240. The highest BCUT2D eigenvalue weighted by Crippen LogP contribution is 2.50. The first kappa shape index (κ1) is 17.1. The number of benzene rings is 1. The van der Waals surface area contributed by atoms with Gasteiger partial charge in [0.15, 0.2) is 11.6 Å². The summed E-state index contributed by atoms with van der Waals surface area (Å²) < 4.78 is 0. The lowest BCUT2D eigenvalue weighted by molar-refractivity contribution is -0.118. The highest BCUT2D eigenvalue weighted by Gasteiger charge is 2.42. The second-order valence-electron chi connectivity index (χ2n) is 8.51. The van der Waals surface area contributed by atoms with Gasteiger partial charge in [-0.2, -0.15) is 5.10 Å².